The van der Waals surface area contributed by atoms with Gasteiger partial charge in [-0.25, -0.2) is 8.42 Å². The minimum absolute atomic E-state index is 0.233. The number of benzene rings is 1. The molecule has 2 unspecified atom stereocenters. The van der Waals surface area contributed by atoms with Crippen molar-refractivity contribution >= 4 is 27.5 Å². The summed E-state index contributed by atoms with van der Waals surface area (Å²) in [5.41, 5.74) is 6.61. The number of likely N-dealkylation sites (N-methyl/N-ethyl adjacent to an activating group) is 1. The standard InChI is InChI=1S/C15H23ClN4O3S/c1-10-15(11(2)19-18-10)24(22,23)20(3)9-14(21)17-8-12-6-4-5-7-13(12)16/h4-7,10-11,15,18-19H,8-9H2,1-3H3,(H,17,21). The molecule has 1 amide bonds. The maximum atomic E-state index is 12.7. The van der Waals surface area contributed by atoms with Gasteiger partial charge in [-0.1, -0.05) is 29.8 Å². The number of hydrazine groups is 1. The van der Waals surface area contributed by atoms with Gasteiger partial charge in [-0.05, 0) is 25.5 Å². The lowest BCUT2D eigenvalue weighted by Gasteiger charge is -2.25. The lowest BCUT2D eigenvalue weighted by Crippen LogP contribution is -2.48. The summed E-state index contributed by atoms with van der Waals surface area (Å²) in [7, 11) is -2.18. The molecule has 3 N–H and O–H groups in total. The zero-order valence-corrected chi connectivity index (χ0v) is 15.5. The Kier molecular flexibility index (Phi) is 6.22. The molecule has 0 bridgehead atoms. The molecule has 134 valence electrons. The second kappa shape index (κ2) is 7.79. The molecule has 1 aromatic rings. The lowest BCUT2D eigenvalue weighted by atomic mass is 10.2. The van der Waals surface area contributed by atoms with Crippen molar-refractivity contribution in [2.75, 3.05) is 13.6 Å². The SMILES string of the molecule is CC1NNC(C)C1S(=O)(=O)N(C)CC(=O)NCc1ccccc1Cl. The number of rotatable bonds is 6. The number of hydrogen-bond acceptors (Lipinski definition) is 5. The molecular formula is C15H23ClN4O3S. The summed E-state index contributed by atoms with van der Waals surface area (Å²) >= 11 is 6.03. The van der Waals surface area contributed by atoms with Crippen LogP contribution in [0.1, 0.15) is 19.4 Å². The van der Waals surface area contributed by atoms with Crippen LogP contribution in [-0.4, -0.2) is 49.6 Å². The van der Waals surface area contributed by atoms with Crippen LogP contribution in [0.3, 0.4) is 0 Å². The highest BCUT2D eigenvalue weighted by Gasteiger charge is 2.42. The average Bonchev–Trinajstić information content (AvgIpc) is 2.86. The van der Waals surface area contributed by atoms with E-state index in [1.807, 2.05) is 12.1 Å². The number of hydrogen-bond donors (Lipinski definition) is 3. The third kappa shape index (κ3) is 4.25. The fraction of sp³-hybridized carbons (Fsp3) is 0.533. The number of nitrogens with zero attached hydrogens (tertiary/aromatic N) is 1. The van der Waals surface area contributed by atoms with E-state index in [0.717, 1.165) is 9.87 Å². The van der Waals surface area contributed by atoms with E-state index in [1.54, 1.807) is 26.0 Å². The Balaban J connectivity index is 1.94. The Morgan fingerprint density at radius 2 is 1.83 bits per heavy atom. The molecule has 1 aliphatic rings. The second-order valence-corrected chi connectivity index (χ2v) is 8.60. The van der Waals surface area contributed by atoms with E-state index in [0.29, 0.717) is 5.02 Å². The first-order valence-corrected chi connectivity index (χ1v) is 9.58. The first-order chi connectivity index (χ1) is 11.2. The van der Waals surface area contributed by atoms with Crippen LogP contribution in [-0.2, 0) is 21.4 Å². The van der Waals surface area contributed by atoms with E-state index in [2.05, 4.69) is 16.2 Å². The van der Waals surface area contributed by atoms with E-state index in [4.69, 9.17) is 11.6 Å². The Morgan fingerprint density at radius 3 is 2.42 bits per heavy atom. The quantitative estimate of drug-likeness (QED) is 0.673. The van der Waals surface area contributed by atoms with Crippen LogP contribution in [0.4, 0.5) is 0 Å². The van der Waals surface area contributed by atoms with Crippen LogP contribution in [0.25, 0.3) is 0 Å². The maximum absolute atomic E-state index is 12.7. The number of amides is 1. The smallest absolute Gasteiger partial charge is 0.235 e. The van der Waals surface area contributed by atoms with Gasteiger partial charge in [-0.2, -0.15) is 4.31 Å². The van der Waals surface area contributed by atoms with Gasteiger partial charge < -0.3 is 5.32 Å². The summed E-state index contributed by atoms with van der Waals surface area (Å²) in [5, 5.41) is 2.63. The molecule has 1 aliphatic heterocycles. The fourth-order valence-corrected chi connectivity index (χ4v) is 4.85. The van der Waals surface area contributed by atoms with Gasteiger partial charge in [0.15, 0.2) is 0 Å². The predicted molar refractivity (Wildman–Crippen MR) is 93.8 cm³/mol. The van der Waals surface area contributed by atoms with Gasteiger partial charge >= 0.3 is 0 Å². The van der Waals surface area contributed by atoms with Crippen LogP contribution < -0.4 is 16.2 Å². The third-order valence-corrected chi connectivity index (χ3v) is 6.97. The van der Waals surface area contributed by atoms with E-state index < -0.39 is 15.3 Å². The summed E-state index contributed by atoms with van der Waals surface area (Å²) < 4.78 is 26.4. The predicted octanol–water partition coefficient (Wildman–Crippen LogP) is 0.471. The monoisotopic (exact) mass is 374 g/mol. The molecule has 9 heteroatoms. The number of sulfonamides is 1. The fourth-order valence-electron chi connectivity index (χ4n) is 2.77. The van der Waals surface area contributed by atoms with Crippen molar-refractivity contribution in [1.82, 2.24) is 20.5 Å². The molecule has 7 nitrogen and oxygen atoms in total. The average molecular weight is 375 g/mol. The van der Waals surface area contributed by atoms with Crippen molar-refractivity contribution in [1.29, 1.82) is 0 Å². The van der Waals surface area contributed by atoms with Crippen molar-refractivity contribution < 1.29 is 13.2 Å². The van der Waals surface area contributed by atoms with Crippen LogP contribution in [0.2, 0.25) is 5.02 Å². The van der Waals surface area contributed by atoms with E-state index in [9.17, 15) is 13.2 Å². The molecule has 0 aromatic heterocycles. The van der Waals surface area contributed by atoms with Gasteiger partial charge in [0, 0.05) is 30.7 Å². The molecule has 0 radical (unpaired) electrons. The van der Waals surface area contributed by atoms with E-state index in [1.165, 1.54) is 7.05 Å². The molecule has 1 fully saturated rings. The molecule has 0 saturated carbocycles. The Hall–Kier alpha value is -1.19. The molecule has 2 atom stereocenters. The third-order valence-electron chi connectivity index (χ3n) is 4.10. The lowest BCUT2D eigenvalue weighted by molar-refractivity contribution is -0.121. The maximum Gasteiger partial charge on any atom is 0.235 e. The topological polar surface area (TPSA) is 90.5 Å². The van der Waals surface area contributed by atoms with E-state index >= 15 is 0 Å². The molecule has 0 spiro atoms. The zero-order valence-electron chi connectivity index (χ0n) is 13.9. The summed E-state index contributed by atoms with van der Waals surface area (Å²) in [6.07, 6.45) is 0. The first-order valence-electron chi connectivity index (χ1n) is 7.69. The van der Waals surface area contributed by atoms with Crippen molar-refractivity contribution in [2.24, 2.45) is 0 Å². The minimum Gasteiger partial charge on any atom is -0.351 e. The largest absolute Gasteiger partial charge is 0.351 e. The van der Waals surface area contributed by atoms with E-state index in [-0.39, 0.29) is 31.1 Å². The van der Waals surface area contributed by atoms with Gasteiger partial charge in [0.1, 0.15) is 5.25 Å². The van der Waals surface area contributed by atoms with Gasteiger partial charge in [0.2, 0.25) is 15.9 Å². The molecule has 1 heterocycles. The Morgan fingerprint density at radius 1 is 1.25 bits per heavy atom. The highest BCUT2D eigenvalue weighted by molar-refractivity contribution is 7.89. The highest BCUT2D eigenvalue weighted by Crippen LogP contribution is 2.18. The Labute approximate surface area is 147 Å². The molecule has 1 saturated heterocycles. The van der Waals surface area contributed by atoms with Crippen LogP contribution in [0, 0.1) is 0 Å². The number of halogens is 1. The van der Waals surface area contributed by atoms with Crippen LogP contribution in [0.5, 0.6) is 0 Å². The van der Waals surface area contributed by atoms with Gasteiger partial charge in [0.05, 0.1) is 6.54 Å². The van der Waals surface area contributed by atoms with Crippen molar-refractivity contribution in [3.05, 3.63) is 34.9 Å². The molecular weight excluding hydrogens is 352 g/mol. The summed E-state index contributed by atoms with van der Waals surface area (Å²) in [4.78, 5) is 12.1. The van der Waals surface area contributed by atoms with Crippen molar-refractivity contribution in [3.63, 3.8) is 0 Å². The normalized spacial score (nSPS) is 24.3. The second-order valence-electron chi connectivity index (χ2n) is 6.00. The summed E-state index contributed by atoms with van der Waals surface area (Å²) in [6, 6.07) is 6.70. The van der Waals surface area contributed by atoms with Crippen LogP contribution in [0.15, 0.2) is 24.3 Å². The first kappa shape index (κ1) is 19.1. The van der Waals surface area contributed by atoms with Gasteiger partial charge in [-0.15, -0.1) is 0 Å². The van der Waals surface area contributed by atoms with Crippen molar-refractivity contribution in [3.8, 4) is 0 Å². The zero-order chi connectivity index (χ0) is 17.9. The molecule has 2 rings (SSSR count). The number of carbonyl (C=O) groups excluding carboxylic acids is 1. The molecule has 24 heavy (non-hydrogen) atoms. The molecule has 1 aromatic carbocycles. The van der Waals surface area contributed by atoms with Gasteiger partial charge in [0.25, 0.3) is 0 Å². The van der Waals surface area contributed by atoms with Crippen LogP contribution >= 0.6 is 11.6 Å². The Bertz CT molecular complexity index is 688. The van der Waals surface area contributed by atoms with Crippen molar-refractivity contribution in [2.45, 2.75) is 37.7 Å². The number of carbonyl (C=O) groups is 1. The summed E-state index contributed by atoms with van der Waals surface area (Å²) in [5.74, 6) is -0.375. The van der Waals surface area contributed by atoms with Gasteiger partial charge in [-0.3, -0.25) is 15.6 Å². The summed E-state index contributed by atoms with van der Waals surface area (Å²) in [6.45, 7) is 3.61. The number of nitrogens with one attached hydrogen (secondary N) is 3. The molecule has 0 aliphatic carbocycles. The highest BCUT2D eigenvalue weighted by atomic mass is 35.5. The minimum atomic E-state index is -3.60.